The van der Waals surface area contributed by atoms with E-state index < -0.39 is 17.7 Å². The number of anilines is 1. The Kier molecular flexibility index (Phi) is 3.35. The highest BCUT2D eigenvalue weighted by atomic mass is 16.6. The first-order chi connectivity index (χ1) is 9.26. The number of ether oxygens (including phenoxy) is 1. The number of hydrogen-bond acceptors (Lipinski definition) is 4. The monoisotopic (exact) mass is 277 g/mol. The smallest absolute Gasteiger partial charge is 0.412 e. The first-order valence-electron chi connectivity index (χ1n) is 5.97. The number of nitrogens with one attached hydrogen (secondary N) is 2. The largest absolute Gasteiger partial charge is 0.478 e. The van der Waals surface area contributed by atoms with Crippen LogP contribution in [-0.2, 0) is 4.74 Å². The fourth-order valence-electron chi connectivity index (χ4n) is 1.69. The van der Waals surface area contributed by atoms with E-state index in [-0.39, 0.29) is 11.3 Å². The van der Waals surface area contributed by atoms with E-state index >= 15 is 0 Å². The number of aromatic carboxylic acids is 1. The van der Waals surface area contributed by atoms with Crippen molar-refractivity contribution in [2.45, 2.75) is 26.4 Å². The number of carboxylic acids is 1. The van der Waals surface area contributed by atoms with Gasteiger partial charge in [0.25, 0.3) is 0 Å². The molecule has 0 atom stereocenters. The minimum absolute atomic E-state index is 0.0346. The first kappa shape index (κ1) is 13.9. The van der Waals surface area contributed by atoms with Gasteiger partial charge in [0.05, 0.1) is 23.0 Å². The van der Waals surface area contributed by atoms with Crippen LogP contribution < -0.4 is 5.32 Å². The fourth-order valence-corrected chi connectivity index (χ4v) is 1.69. The summed E-state index contributed by atoms with van der Waals surface area (Å²) in [7, 11) is 0. The SMILES string of the molecule is CC(C)(C)OC(=O)Nc1cc2cn[nH]c2cc1C(=O)O. The molecule has 7 heteroatoms. The van der Waals surface area contributed by atoms with Gasteiger partial charge >= 0.3 is 12.1 Å². The van der Waals surface area contributed by atoms with Crippen molar-refractivity contribution in [3.63, 3.8) is 0 Å². The molecule has 0 saturated carbocycles. The predicted molar refractivity (Wildman–Crippen MR) is 72.9 cm³/mol. The molecule has 0 fully saturated rings. The number of H-pyrrole nitrogens is 1. The zero-order valence-corrected chi connectivity index (χ0v) is 11.4. The van der Waals surface area contributed by atoms with Crippen LogP contribution in [0.25, 0.3) is 10.9 Å². The van der Waals surface area contributed by atoms with Gasteiger partial charge in [0, 0.05) is 5.39 Å². The maximum Gasteiger partial charge on any atom is 0.412 e. The van der Waals surface area contributed by atoms with Gasteiger partial charge < -0.3 is 9.84 Å². The maximum atomic E-state index is 11.7. The summed E-state index contributed by atoms with van der Waals surface area (Å²) in [5.41, 5.74) is 0.0538. The van der Waals surface area contributed by atoms with E-state index in [2.05, 4.69) is 15.5 Å². The van der Waals surface area contributed by atoms with Crippen molar-refractivity contribution in [2.24, 2.45) is 0 Å². The van der Waals surface area contributed by atoms with E-state index in [1.807, 2.05) is 0 Å². The van der Waals surface area contributed by atoms with E-state index in [4.69, 9.17) is 4.74 Å². The lowest BCUT2D eigenvalue weighted by Crippen LogP contribution is -2.27. The summed E-state index contributed by atoms with van der Waals surface area (Å²) < 4.78 is 5.10. The van der Waals surface area contributed by atoms with Crippen LogP contribution in [0.2, 0.25) is 0 Å². The van der Waals surface area contributed by atoms with Gasteiger partial charge in [0.15, 0.2) is 0 Å². The van der Waals surface area contributed by atoms with E-state index in [0.717, 1.165) is 0 Å². The Labute approximate surface area is 114 Å². The molecule has 0 bridgehead atoms. The molecule has 1 amide bonds. The zero-order valence-electron chi connectivity index (χ0n) is 11.4. The fraction of sp³-hybridized carbons (Fsp3) is 0.308. The molecule has 0 aliphatic rings. The van der Waals surface area contributed by atoms with Crippen molar-refractivity contribution in [1.29, 1.82) is 0 Å². The Balaban J connectivity index is 2.34. The molecule has 0 aliphatic heterocycles. The van der Waals surface area contributed by atoms with Gasteiger partial charge in [0.2, 0.25) is 0 Å². The van der Waals surface area contributed by atoms with Crippen LogP contribution in [0.15, 0.2) is 18.3 Å². The zero-order chi connectivity index (χ0) is 14.9. The van der Waals surface area contributed by atoms with Crippen molar-refractivity contribution in [3.05, 3.63) is 23.9 Å². The molecular weight excluding hydrogens is 262 g/mol. The topological polar surface area (TPSA) is 104 Å². The number of carbonyl (C=O) groups excluding carboxylic acids is 1. The minimum Gasteiger partial charge on any atom is -0.478 e. The van der Waals surface area contributed by atoms with Crippen LogP contribution in [0.1, 0.15) is 31.1 Å². The summed E-state index contributed by atoms with van der Waals surface area (Å²) in [6, 6.07) is 2.95. The van der Waals surface area contributed by atoms with E-state index in [0.29, 0.717) is 10.9 Å². The number of carboxylic acid groups (broad SMARTS) is 1. The summed E-state index contributed by atoms with van der Waals surface area (Å²) in [5, 5.41) is 18.8. The standard InChI is InChI=1S/C13H15N3O4/c1-13(2,3)20-12(19)15-10-4-7-6-14-16-9(7)5-8(10)11(17)18/h4-6H,1-3H3,(H,14,16)(H,15,19)(H,17,18). The van der Waals surface area contributed by atoms with Crippen LogP contribution in [0.5, 0.6) is 0 Å². The average molecular weight is 277 g/mol. The lowest BCUT2D eigenvalue weighted by molar-refractivity contribution is 0.0636. The van der Waals surface area contributed by atoms with Crippen molar-refractivity contribution >= 4 is 28.7 Å². The van der Waals surface area contributed by atoms with E-state index in [9.17, 15) is 14.7 Å². The number of nitrogens with zero attached hydrogens (tertiary/aromatic N) is 1. The number of hydrogen-bond donors (Lipinski definition) is 3. The Bertz CT molecular complexity index is 670. The van der Waals surface area contributed by atoms with E-state index in [1.165, 1.54) is 12.1 Å². The number of amides is 1. The molecule has 7 nitrogen and oxygen atoms in total. The van der Waals surface area contributed by atoms with Crippen LogP contribution >= 0.6 is 0 Å². The molecule has 0 saturated heterocycles. The Morgan fingerprint density at radius 1 is 1.35 bits per heavy atom. The maximum absolute atomic E-state index is 11.7. The summed E-state index contributed by atoms with van der Waals surface area (Å²) in [4.78, 5) is 23.0. The molecule has 3 N–H and O–H groups in total. The highest BCUT2D eigenvalue weighted by Gasteiger charge is 2.19. The minimum atomic E-state index is -1.15. The van der Waals surface area contributed by atoms with Crippen LogP contribution in [0, 0.1) is 0 Å². The Morgan fingerprint density at radius 2 is 2.05 bits per heavy atom. The van der Waals surface area contributed by atoms with Gasteiger partial charge in [-0.25, -0.2) is 9.59 Å². The van der Waals surface area contributed by atoms with Gasteiger partial charge in [-0.15, -0.1) is 0 Å². The van der Waals surface area contributed by atoms with Gasteiger partial charge in [-0.1, -0.05) is 0 Å². The third-order valence-corrected chi connectivity index (χ3v) is 2.44. The quantitative estimate of drug-likeness (QED) is 0.782. The molecule has 1 heterocycles. The van der Waals surface area contributed by atoms with Gasteiger partial charge in [-0.3, -0.25) is 10.4 Å². The highest BCUT2D eigenvalue weighted by Crippen LogP contribution is 2.23. The number of carbonyl (C=O) groups is 2. The van der Waals surface area contributed by atoms with E-state index in [1.54, 1.807) is 27.0 Å². The van der Waals surface area contributed by atoms with Gasteiger partial charge in [-0.2, -0.15) is 5.10 Å². The molecule has 1 aromatic heterocycles. The lowest BCUT2D eigenvalue weighted by atomic mass is 10.1. The first-order valence-corrected chi connectivity index (χ1v) is 5.97. The predicted octanol–water partition coefficient (Wildman–Crippen LogP) is 2.61. The van der Waals surface area contributed by atoms with Crippen molar-refractivity contribution in [2.75, 3.05) is 5.32 Å². The molecular formula is C13H15N3O4. The van der Waals surface area contributed by atoms with Crippen LogP contribution in [0.4, 0.5) is 10.5 Å². The van der Waals surface area contributed by atoms with Gasteiger partial charge in [0.1, 0.15) is 5.60 Å². The van der Waals surface area contributed by atoms with Crippen LogP contribution in [0.3, 0.4) is 0 Å². The third kappa shape index (κ3) is 3.05. The number of benzene rings is 1. The van der Waals surface area contributed by atoms with Crippen molar-refractivity contribution in [3.8, 4) is 0 Å². The molecule has 106 valence electrons. The van der Waals surface area contributed by atoms with Gasteiger partial charge in [-0.05, 0) is 32.9 Å². The van der Waals surface area contributed by atoms with Crippen LogP contribution in [-0.4, -0.2) is 33.0 Å². The lowest BCUT2D eigenvalue weighted by Gasteiger charge is -2.20. The second kappa shape index (κ2) is 4.84. The number of rotatable bonds is 2. The number of aromatic amines is 1. The molecule has 0 aliphatic carbocycles. The molecule has 20 heavy (non-hydrogen) atoms. The summed E-state index contributed by atoms with van der Waals surface area (Å²) >= 11 is 0. The Hall–Kier alpha value is -2.57. The molecule has 2 aromatic rings. The second-order valence-corrected chi connectivity index (χ2v) is 5.29. The average Bonchev–Trinajstić information content (AvgIpc) is 2.71. The number of fused-ring (bicyclic) bond motifs is 1. The molecule has 0 unspecified atom stereocenters. The highest BCUT2D eigenvalue weighted by molar-refractivity contribution is 6.03. The molecule has 2 rings (SSSR count). The summed E-state index contributed by atoms with van der Waals surface area (Å²) in [6.07, 6.45) is 0.837. The number of aromatic nitrogens is 2. The normalized spacial score (nSPS) is 11.3. The molecule has 1 aromatic carbocycles. The van der Waals surface area contributed by atoms with Crippen molar-refractivity contribution in [1.82, 2.24) is 10.2 Å². The van der Waals surface area contributed by atoms with Crippen molar-refractivity contribution < 1.29 is 19.4 Å². The second-order valence-electron chi connectivity index (χ2n) is 5.29. The third-order valence-electron chi connectivity index (χ3n) is 2.44. The summed E-state index contributed by atoms with van der Waals surface area (Å²) in [5.74, 6) is -1.15. The Morgan fingerprint density at radius 3 is 2.65 bits per heavy atom. The molecule has 0 radical (unpaired) electrons. The summed E-state index contributed by atoms with van der Waals surface area (Å²) in [6.45, 7) is 5.18. The molecule has 0 spiro atoms.